The highest BCUT2D eigenvalue weighted by atomic mass is 32.1. The molecule has 2 atom stereocenters. The van der Waals surface area contributed by atoms with E-state index < -0.39 is 0 Å². The molecular formula is C16H24N2O2S. The van der Waals surface area contributed by atoms with Crippen molar-refractivity contribution in [2.75, 3.05) is 19.8 Å². The van der Waals surface area contributed by atoms with Crippen LogP contribution in [-0.2, 0) is 16.1 Å². The fraction of sp³-hybridized carbons (Fsp3) is 0.688. The smallest absolute Gasteiger partial charge is 0.230 e. The Bertz CT molecular complexity index is 459. The van der Waals surface area contributed by atoms with E-state index in [0.29, 0.717) is 19.3 Å². The van der Waals surface area contributed by atoms with Gasteiger partial charge < -0.3 is 15.0 Å². The topological polar surface area (TPSA) is 41.6 Å². The molecule has 0 aromatic carbocycles. The molecular weight excluding hydrogens is 284 g/mol. The average molecular weight is 308 g/mol. The molecule has 1 saturated carbocycles. The molecule has 1 amide bonds. The molecule has 3 rings (SSSR count). The molecule has 1 N–H and O–H groups in total. The maximum atomic E-state index is 12.9. The van der Waals surface area contributed by atoms with Gasteiger partial charge in [-0.1, -0.05) is 13.0 Å². The SMILES string of the molecule is CCCNC1COCC1C(=O)N(Cc1cccs1)C1CC1. The van der Waals surface area contributed by atoms with Gasteiger partial charge in [-0.25, -0.2) is 0 Å². The maximum absolute atomic E-state index is 12.9. The van der Waals surface area contributed by atoms with Gasteiger partial charge in [0.05, 0.1) is 25.7 Å². The molecule has 2 heterocycles. The summed E-state index contributed by atoms with van der Waals surface area (Å²) in [5, 5.41) is 5.54. The molecule has 5 heteroatoms. The first-order valence-electron chi connectivity index (χ1n) is 7.93. The van der Waals surface area contributed by atoms with E-state index in [-0.39, 0.29) is 17.9 Å². The molecule has 2 aliphatic rings. The van der Waals surface area contributed by atoms with E-state index >= 15 is 0 Å². The second-order valence-corrected chi connectivity index (χ2v) is 7.01. The summed E-state index contributed by atoms with van der Waals surface area (Å²) in [6.07, 6.45) is 3.38. The normalized spacial score (nSPS) is 25.2. The highest BCUT2D eigenvalue weighted by molar-refractivity contribution is 7.09. The number of hydrogen-bond donors (Lipinski definition) is 1. The van der Waals surface area contributed by atoms with E-state index in [2.05, 4.69) is 34.7 Å². The quantitative estimate of drug-likeness (QED) is 0.840. The fourth-order valence-electron chi connectivity index (χ4n) is 2.89. The van der Waals surface area contributed by atoms with Crippen LogP contribution in [-0.4, -0.2) is 42.6 Å². The highest BCUT2D eigenvalue weighted by Crippen LogP contribution is 2.32. The van der Waals surface area contributed by atoms with Crippen molar-refractivity contribution in [3.63, 3.8) is 0 Å². The minimum Gasteiger partial charge on any atom is -0.379 e. The maximum Gasteiger partial charge on any atom is 0.230 e. The number of ether oxygens (including phenoxy) is 1. The van der Waals surface area contributed by atoms with E-state index in [1.807, 2.05) is 0 Å². The van der Waals surface area contributed by atoms with Gasteiger partial charge in [0.25, 0.3) is 0 Å². The third-order valence-electron chi connectivity index (χ3n) is 4.23. The summed E-state index contributed by atoms with van der Waals surface area (Å²) in [5.41, 5.74) is 0. The largest absolute Gasteiger partial charge is 0.379 e. The minimum atomic E-state index is -0.0166. The average Bonchev–Trinajstić information content (AvgIpc) is 3.02. The van der Waals surface area contributed by atoms with Crippen LogP contribution < -0.4 is 5.32 Å². The van der Waals surface area contributed by atoms with Crippen LogP contribution in [0.25, 0.3) is 0 Å². The van der Waals surface area contributed by atoms with Crippen molar-refractivity contribution in [1.82, 2.24) is 10.2 Å². The molecule has 4 nitrogen and oxygen atoms in total. The Kier molecular flexibility index (Phi) is 4.93. The zero-order valence-electron chi connectivity index (χ0n) is 12.6. The molecule has 1 aromatic rings. The standard InChI is InChI=1S/C16H24N2O2S/c1-2-7-17-15-11-20-10-14(15)16(19)18(12-5-6-12)9-13-4-3-8-21-13/h3-4,8,12,14-15,17H,2,5-7,9-11H2,1H3. The number of carbonyl (C=O) groups excluding carboxylic acids is 1. The molecule has 21 heavy (non-hydrogen) atoms. The zero-order chi connectivity index (χ0) is 14.7. The fourth-order valence-corrected chi connectivity index (χ4v) is 3.59. The van der Waals surface area contributed by atoms with Crippen molar-refractivity contribution in [2.45, 2.75) is 44.8 Å². The Labute approximate surface area is 130 Å². The van der Waals surface area contributed by atoms with Crippen molar-refractivity contribution < 1.29 is 9.53 Å². The monoisotopic (exact) mass is 308 g/mol. The molecule has 2 unspecified atom stereocenters. The van der Waals surface area contributed by atoms with Crippen LogP contribution in [0.1, 0.15) is 31.1 Å². The predicted molar refractivity (Wildman–Crippen MR) is 84.3 cm³/mol. The van der Waals surface area contributed by atoms with Crippen LogP contribution in [0.3, 0.4) is 0 Å². The Morgan fingerprint density at radius 1 is 1.48 bits per heavy atom. The predicted octanol–water partition coefficient (Wildman–Crippen LogP) is 2.25. The van der Waals surface area contributed by atoms with Gasteiger partial charge in [0.1, 0.15) is 0 Å². The molecule has 0 radical (unpaired) electrons. The summed E-state index contributed by atoms with van der Waals surface area (Å²) >= 11 is 1.73. The number of thiophene rings is 1. The number of hydrogen-bond acceptors (Lipinski definition) is 4. The molecule has 116 valence electrons. The van der Waals surface area contributed by atoms with Crippen molar-refractivity contribution in [2.24, 2.45) is 5.92 Å². The number of nitrogens with zero attached hydrogens (tertiary/aromatic N) is 1. The Balaban J connectivity index is 1.65. The van der Waals surface area contributed by atoms with Gasteiger partial charge >= 0.3 is 0 Å². The van der Waals surface area contributed by atoms with Crippen LogP contribution in [0, 0.1) is 5.92 Å². The first-order valence-corrected chi connectivity index (χ1v) is 8.81. The van der Waals surface area contributed by atoms with Crippen molar-refractivity contribution >= 4 is 17.2 Å². The Morgan fingerprint density at radius 2 is 2.33 bits per heavy atom. The Morgan fingerprint density at radius 3 is 3.00 bits per heavy atom. The van der Waals surface area contributed by atoms with Crippen molar-refractivity contribution in [1.29, 1.82) is 0 Å². The summed E-state index contributed by atoms with van der Waals surface area (Å²) in [7, 11) is 0. The van der Waals surface area contributed by atoms with E-state index in [1.165, 1.54) is 4.88 Å². The van der Waals surface area contributed by atoms with Gasteiger partial charge in [-0.05, 0) is 37.3 Å². The summed E-state index contributed by atoms with van der Waals surface area (Å²) in [5.74, 6) is 0.258. The number of nitrogens with one attached hydrogen (secondary N) is 1. The first kappa shape index (κ1) is 15.0. The molecule has 0 bridgehead atoms. The second-order valence-electron chi connectivity index (χ2n) is 5.98. The van der Waals surface area contributed by atoms with E-state index in [1.54, 1.807) is 11.3 Å². The summed E-state index contributed by atoms with van der Waals surface area (Å²) in [4.78, 5) is 16.3. The zero-order valence-corrected chi connectivity index (χ0v) is 13.4. The summed E-state index contributed by atoms with van der Waals surface area (Å²) in [6.45, 7) is 5.08. The summed E-state index contributed by atoms with van der Waals surface area (Å²) < 4.78 is 5.57. The van der Waals surface area contributed by atoms with Crippen LogP contribution in [0.2, 0.25) is 0 Å². The van der Waals surface area contributed by atoms with Gasteiger partial charge in [0, 0.05) is 17.0 Å². The molecule has 0 spiro atoms. The molecule has 1 aromatic heterocycles. The van der Waals surface area contributed by atoms with Crippen molar-refractivity contribution in [3.8, 4) is 0 Å². The lowest BCUT2D eigenvalue weighted by molar-refractivity contribution is -0.137. The van der Waals surface area contributed by atoms with Gasteiger partial charge in [-0.2, -0.15) is 0 Å². The lowest BCUT2D eigenvalue weighted by atomic mass is 10.0. The van der Waals surface area contributed by atoms with Crippen molar-refractivity contribution in [3.05, 3.63) is 22.4 Å². The molecule has 1 saturated heterocycles. The molecule has 1 aliphatic carbocycles. The number of amides is 1. The summed E-state index contributed by atoms with van der Waals surface area (Å²) in [6, 6.07) is 4.81. The van der Waals surface area contributed by atoms with Gasteiger partial charge in [-0.15, -0.1) is 11.3 Å². The lowest BCUT2D eigenvalue weighted by Gasteiger charge is -2.27. The highest BCUT2D eigenvalue weighted by Gasteiger charge is 2.41. The molecule has 2 fully saturated rings. The Hall–Kier alpha value is -0.910. The van der Waals surface area contributed by atoms with Crippen LogP contribution in [0.4, 0.5) is 0 Å². The first-order chi connectivity index (χ1) is 10.3. The van der Waals surface area contributed by atoms with Gasteiger partial charge in [0.2, 0.25) is 5.91 Å². The van der Waals surface area contributed by atoms with Crippen LogP contribution in [0.15, 0.2) is 17.5 Å². The van der Waals surface area contributed by atoms with E-state index in [9.17, 15) is 4.79 Å². The molecule has 1 aliphatic heterocycles. The lowest BCUT2D eigenvalue weighted by Crippen LogP contribution is -2.46. The third kappa shape index (κ3) is 3.65. The van der Waals surface area contributed by atoms with E-state index in [0.717, 1.165) is 32.4 Å². The second kappa shape index (κ2) is 6.90. The third-order valence-corrected chi connectivity index (χ3v) is 5.09. The number of carbonyl (C=O) groups is 1. The van der Waals surface area contributed by atoms with Gasteiger partial charge in [-0.3, -0.25) is 4.79 Å². The minimum absolute atomic E-state index is 0.0166. The van der Waals surface area contributed by atoms with Gasteiger partial charge in [0.15, 0.2) is 0 Å². The van der Waals surface area contributed by atoms with Crippen LogP contribution in [0.5, 0.6) is 0 Å². The van der Waals surface area contributed by atoms with E-state index in [4.69, 9.17) is 4.74 Å². The van der Waals surface area contributed by atoms with Crippen LogP contribution >= 0.6 is 11.3 Å². The number of rotatable bonds is 7.